The van der Waals surface area contributed by atoms with Crippen LogP contribution < -0.4 is 14.8 Å². The molecule has 0 aromatic heterocycles. The molecule has 1 amide bonds. The summed E-state index contributed by atoms with van der Waals surface area (Å²) in [5.41, 5.74) is 0.795. The molecule has 0 aliphatic carbocycles. The van der Waals surface area contributed by atoms with Crippen LogP contribution in [0.1, 0.15) is 17.3 Å². The summed E-state index contributed by atoms with van der Waals surface area (Å²) in [6, 6.07) is 12.8. The van der Waals surface area contributed by atoms with Gasteiger partial charge in [-0.25, -0.2) is 8.42 Å². The van der Waals surface area contributed by atoms with E-state index < -0.39 is 10.0 Å². The predicted octanol–water partition coefficient (Wildman–Crippen LogP) is 1.93. The standard InChI is InChI=1S/C19H23N3O4S/c1-2-26-17-8-6-16(7-9-17)21-27(24,25)18-5-3-4-15(14-18)19(23)22-12-10-20-11-13-22/h3-9,14,20-21H,2,10-13H2,1H3. The zero-order valence-corrected chi connectivity index (χ0v) is 16.0. The second kappa shape index (κ2) is 8.41. The number of sulfonamides is 1. The van der Waals surface area contributed by atoms with Crippen LogP contribution in [-0.4, -0.2) is 52.0 Å². The van der Waals surface area contributed by atoms with E-state index in [-0.39, 0.29) is 10.8 Å². The van der Waals surface area contributed by atoms with Crippen LogP contribution in [-0.2, 0) is 10.0 Å². The molecule has 1 heterocycles. The molecule has 1 aliphatic heterocycles. The van der Waals surface area contributed by atoms with Crippen LogP contribution in [0, 0.1) is 0 Å². The maximum absolute atomic E-state index is 12.7. The van der Waals surface area contributed by atoms with Crippen molar-refractivity contribution < 1.29 is 17.9 Å². The Hall–Kier alpha value is -2.58. The number of nitrogens with one attached hydrogen (secondary N) is 2. The van der Waals surface area contributed by atoms with Gasteiger partial charge in [-0.1, -0.05) is 6.07 Å². The smallest absolute Gasteiger partial charge is 0.261 e. The minimum Gasteiger partial charge on any atom is -0.494 e. The van der Waals surface area contributed by atoms with Crippen LogP contribution in [0.3, 0.4) is 0 Å². The first-order valence-electron chi connectivity index (χ1n) is 8.85. The molecule has 0 unspecified atom stereocenters. The van der Waals surface area contributed by atoms with Gasteiger partial charge in [0.15, 0.2) is 0 Å². The van der Waals surface area contributed by atoms with E-state index in [1.54, 1.807) is 41.3 Å². The Morgan fingerprint density at radius 2 is 1.85 bits per heavy atom. The summed E-state index contributed by atoms with van der Waals surface area (Å²) < 4.78 is 33.3. The van der Waals surface area contributed by atoms with Crippen molar-refractivity contribution in [1.82, 2.24) is 10.2 Å². The normalized spacial score (nSPS) is 14.6. The number of nitrogens with zero attached hydrogens (tertiary/aromatic N) is 1. The fourth-order valence-electron chi connectivity index (χ4n) is 2.85. The molecule has 0 radical (unpaired) electrons. The Morgan fingerprint density at radius 1 is 1.15 bits per heavy atom. The molecule has 8 heteroatoms. The van der Waals surface area contributed by atoms with Gasteiger partial charge in [0.1, 0.15) is 5.75 Å². The van der Waals surface area contributed by atoms with Gasteiger partial charge in [0.05, 0.1) is 11.5 Å². The van der Waals surface area contributed by atoms with Crippen LogP contribution in [0.5, 0.6) is 5.75 Å². The molecule has 1 aliphatic rings. The Labute approximate surface area is 159 Å². The summed E-state index contributed by atoms with van der Waals surface area (Å²) in [5, 5.41) is 3.19. The molecule has 0 spiro atoms. The zero-order chi connectivity index (χ0) is 19.3. The van der Waals surface area contributed by atoms with E-state index in [0.29, 0.717) is 36.7 Å². The Bertz CT molecular complexity index is 891. The first-order valence-corrected chi connectivity index (χ1v) is 10.3. The average Bonchev–Trinajstić information content (AvgIpc) is 2.70. The Morgan fingerprint density at radius 3 is 2.52 bits per heavy atom. The van der Waals surface area contributed by atoms with Gasteiger partial charge in [-0.05, 0) is 49.4 Å². The number of benzene rings is 2. The average molecular weight is 389 g/mol. The molecule has 3 rings (SSSR count). The third-order valence-electron chi connectivity index (χ3n) is 4.21. The third-order valence-corrected chi connectivity index (χ3v) is 5.59. The molecule has 27 heavy (non-hydrogen) atoms. The lowest BCUT2D eigenvalue weighted by atomic mass is 10.2. The largest absolute Gasteiger partial charge is 0.494 e. The van der Waals surface area contributed by atoms with Crippen molar-refractivity contribution in [3.8, 4) is 5.75 Å². The molecule has 2 aromatic rings. The third kappa shape index (κ3) is 4.78. The lowest BCUT2D eigenvalue weighted by Gasteiger charge is -2.27. The van der Waals surface area contributed by atoms with Crippen molar-refractivity contribution in [3.05, 3.63) is 54.1 Å². The van der Waals surface area contributed by atoms with Gasteiger partial charge in [-0.3, -0.25) is 9.52 Å². The van der Waals surface area contributed by atoms with E-state index in [0.717, 1.165) is 13.1 Å². The molecular formula is C19H23N3O4S. The van der Waals surface area contributed by atoms with Gasteiger partial charge in [0, 0.05) is 37.4 Å². The van der Waals surface area contributed by atoms with Gasteiger partial charge in [-0.2, -0.15) is 0 Å². The topological polar surface area (TPSA) is 87.7 Å². The predicted molar refractivity (Wildman–Crippen MR) is 104 cm³/mol. The van der Waals surface area contributed by atoms with E-state index in [4.69, 9.17) is 4.74 Å². The maximum atomic E-state index is 12.7. The second-order valence-electron chi connectivity index (χ2n) is 6.13. The zero-order valence-electron chi connectivity index (χ0n) is 15.1. The molecule has 0 atom stereocenters. The van der Waals surface area contributed by atoms with E-state index in [1.807, 2.05) is 6.92 Å². The highest BCUT2D eigenvalue weighted by atomic mass is 32.2. The second-order valence-corrected chi connectivity index (χ2v) is 7.82. The minimum absolute atomic E-state index is 0.0531. The highest BCUT2D eigenvalue weighted by Gasteiger charge is 2.21. The van der Waals surface area contributed by atoms with E-state index >= 15 is 0 Å². The van der Waals surface area contributed by atoms with Gasteiger partial charge >= 0.3 is 0 Å². The maximum Gasteiger partial charge on any atom is 0.261 e. The summed E-state index contributed by atoms with van der Waals surface area (Å²) in [7, 11) is -3.80. The number of carbonyl (C=O) groups excluding carboxylic acids is 1. The first kappa shape index (κ1) is 19.2. The number of anilines is 1. The van der Waals surface area contributed by atoms with Gasteiger partial charge in [0.25, 0.3) is 15.9 Å². The summed E-state index contributed by atoms with van der Waals surface area (Å²) in [5.74, 6) is 0.513. The quantitative estimate of drug-likeness (QED) is 0.788. The molecule has 0 saturated carbocycles. The summed E-state index contributed by atoms with van der Waals surface area (Å²) >= 11 is 0. The lowest BCUT2D eigenvalue weighted by Crippen LogP contribution is -2.46. The molecule has 0 bridgehead atoms. The van der Waals surface area contributed by atoms with Crippen molar-refractivity contribution >= 4 is 21.6 Å². The highest BCUT2D eigenvalue weighted by Crippen LogP contribution is 2.20. The fraction of sp³-hybridized carbons (Fsp3) is 0.316. The van der Waals surface area contributed by atoms with Gasteiger partial charge < -0.3 is 15.0 Å². The molecule has 1 saturated heterocycles. The fourth-order valence-corrected chi connectivity index (χ4v) is 3.95. The van der Waals surface area contributed by atoms with Crippen LogP contribution in [0.25, 0.3) is 0 Å². The van der Waals surface area contributed by atoms with Crippen LogP contribution >= 0.6 is 0 Å². The minimum atomic E-state index is -3.80. The number of hydrogen-bond donors (Lipinski definition) is 2. The van der Waals surface area contributed by atoms with Crippen molar-refractivity contribution in [2.75, 3.05) is 37.5 Å². The van der Waals surface area contributed by atoms with Gasteiger partial charge in [-0.15, -0.1) is 0 Å². The van der Waals surface area contributed by atoms with Crippen molar-refractivity contribution in [2.45, 2.75) is 11.8 Å². The van der Waals surface area contributed by atoms with Crippen molar-refractivity contribution in [1.29, 1.82) is 0 Å². The first-order chi connectivity index (χ1) is 13.0. The van der Waals surface area contributed by atoms with Crippen LogP contribution in [0.2, 0.25) is 0 Å². The molecular weight excluding hydrogens is 366 g/mol. The number of amides is 1. The molecule has 7 nitrogen and oxygen atoms in total. The Balaban J connectivity index is 1.77. The SMILES string of the molecule is CCOc1ccc(NS(=O)(=O)c2cccc(C(=O)N3CCNCC3)c2)cc1. The summed E-state index contributed by atoms with van der Waals surface area (Å²) in [4.78, 5) is 14.4. The van der Waals surface area contributed by atoms with Crippen molar-refractivity contribution in [2.24, 2.45) is 0 Å². The number of rotatable bonds is 6. The lowest BCUT2D eigenvalue weighted by molar-refractivity contribution is 0.0735. The van der Waals surface area contributed by atoms with E-state index in [2.05, 4.69) is 10.0 Å². The van der Waals surface area contributed by atoms with Crippen LogP contribution in [0.15, 0.2) is 53.4 Å². The van der Waals surface area contributed by atoms with Gasteiger partial charge in [0.2, 0.25) is 0 Å². The highest BCUT2D eigenvalue weighted by molar-refractivity contribution is 7.92. The molecule has 1 fully saturated rings. The van der Waals surface area contributed by atoms with Crippen molar-refractivity contribution in [3.63, 3.8) is 0 Å². The summed E-state index contributed by atoms with van der Waals surface area (Å²) in [6.07, 6.45) is 0. The summed E-state index contributed by atoms with van der Waals surface area (Å²) in [6.45, 7) is 5.12. The Kier molecular flexibility index (Phi) is 5.98. The van der Waals surface area contributed by atoms with E-state index in [9.17, 15) is 13.2 Å². The number of hydrogen-bond acceptors (Lipinski definition) is 5. The monoisotopic (exact) mass is 389 g/mol. The molecule has 2 aromatic carbocycles. The molecule has 2 N–H and O–H groups in total. The van der Waals surface area contributed by atoms with E-state index in [1.165, 1.54) is 12.1 Å². The molecule has 144 valence electrons. The number of carbonyl (C=O) groups is 1. The number of ether oxygens (including phenoxy) is 1. The van der Waals surface area contributed by atoms with Crippen LogP contribution in [0.4, 0.5) is 5.69 Å². The number of piperazine rings is 1.